The van der Waals surface area contributed by atoms with E-state index in [1.165, 1.54) is 0 Å². The molecule has 0 radical (unpaired) electrons. The minimum absolute atomic E-state index is 0.0421. The molecule has 1 saturated heterocycles. The van der Waals surface area contributed by atoms with Gasteiger partial charge in [-0.15, -0.1) is 0 Å². The second kappa shape index (κ2) is 10.7. The largest absolute Gasteiger partial charge is 0.450 e. The van der Waals surface area contributed by atoms with E-state index >= 15 is 0 Å². The SMILES string of the molecule is CCCN(CCC)C(=O)c1ccc(NC2CCN(C(=O)OCC)CC2)nc1. The summed E-state index contributed by atoms with van der Waals surface area (Å²) in [5.74, 6) is 0.805. The molecule has 2 rings (SSSR count). The Balaban J connectivity index is 1.87. The fourth-order valence-corrected chi connectivity index (χ4v) is 3.27. The first-order chi connectivity index (χ1) is 13.1. The zero-order valence-electron chi connectivity index (χ0n) is 16.7. The molecular formula is C20H32N4O3. The molecule has 1 aliphatic rings. The first kappa shape index (κ1) is 21.0. The van der Waals surface area contributed by atoms with Crippen LogP contribution in [0.15, 0.2) is 18.3 Å². The molecule has 1 aromatic heterocycles. The first-order valence-electron chi connectivity index (χ1n) is 10.0. The van der Waals surface area contributed by atoms with Crippen LogP contribution in [-0.4, -0.2) is 65.6 Å². The molecular weight excluding hydrogens is 344 g/mol. The molecule has 7 heteroatoms. The van der Waals surface area contributed by atoms with E-state index in [0.29, 0.717) is 25.3 Å². The molecule has 27 heavy (non-hydrogen) atoms. The number of likely N-dealkylation sites (tertiary alicyclic amines) is 1. The maximum Gasteiger partial charge on any atom is 0.409 e. The van der Waals surface area contributed by atoms with Gasteiger partial charge in [0.25, 0.3) is 5.91 Å². The van der Waals surface area contributed by atoms with Crippen molar-refractivity contribution >= 4 is 17.8 Å². The van der Waals surface area contributed by atoms with Crippen LogP contribution >= 0.6 is 0 Å². The molecule has 2 amide bonds. The summed E-state index contributed by atoms with van der Waals surface area (Å²) in [4.78, 5) is 32.4. The van der Waals surface area contributed by atoms with Crippen LogP contribution in [0.4, 0.5) is 10.6 Å². The lowest BCUT2D eigenvalue weighted by molar-refractivity contribution is 0.0755. The van der Waals surface area contributed by atoms with Gasteiger partial charge in [-0.1, -0.05) is 13.8 Å². The van der Waals surface area contributed by atoms with E-state index in [2.05, 4.69) is 24.1 Å². The number of piperidine rings is 1. The Hall–Kier alpha value is -2.31. The summed E-state index contributed by atoms with van der Waals surface area (Å²) in [6.45, 7) is 9.27. The summed E-state index contributed by atoms with van der Waals surface area (Å²) >= 11 is 0. The smallest absolute Gasteiger partial charge is 0.409 e. The van der Waals surface area contributed by atoms with E-state index in [0.717, 1.165) is 44.6 Å². The molecule has 7 nitrogen and oxygen atoms in total. The van der Waals surface area contributed by atoms with Crippen molar-refractivity contribution in [2.45, 2.75) is 52.5 Å². The van der Waals surface area contributed by atoms with Crippen molar-refractivity contribution in [3.63, 3.8) is 0 Å². The predicted molar refractivity (Wildman–Crippen MR) is 106 cm³/mol. The Morgan fingerprint density at radius 1 is 1.19 bits per heavy atom. The van der Waals surface area contributed by atoms with Gasteiger partial charge in [-0.25, -0.2) is 9.78 Å². The number of hydrogen-bond donors (Lipinski definition) is 1. The van der Waals surface area contributed by atoms with Gasteiger partial charge in [0, 0.05) is 38.4 Å². The third-order valence-electron chi connectivity index (χ3n) is 4.66. The highest BCUT2D eigenvalue weighted by Gasteiger charge is 2.23. The Labute approximate surface area is 162 Å². The molecule has 0 saturated carbocycles. The summed E-state index contributed by atoms with van der Waals surface area (Å²) in [5, 5.41) is 3.40. The number of carbonyl (C=O) groups is 2. The number of nitrogens with one attached hydrogen (secondary N) is 1. The predicted octanol–water partition coefficient (Wildman–Crippen LogP) is 3.38. The molecule has 1 aromatic rings. The van der Waals surface area contributed by atoms with Crippen LogP contribution in [0, 0.1) is 0 Å². The van der Waals surface area contributed by atoms with Crippen molar-refractivity contribution in [3.8, 4) is 0 Å². The minimum atomic E-state index is -0.236. The highest BCUT2D eigenvalue weighted by molar-refractivity contribution is 5.94. The third kappa shape index (κ3) is 6.12. The van der Waals surface area contributed by atoms with Crippen molar-refractivity contribution in [1.82, 2.24) is 14.8 Å². The number of ether oxygens (including phenoxy) is 1. The quantitative estimate of drug-likeness (QED) is 0.753. The number of nitrogens with zero attached hydrogens (tertiary/aromatic N) is 3. The molecule has 0 bridgehead atoms. The molecule has 0 aromatic carbocycles. The summed E-state index contributed by atoms with van der Waals surface area (Å²) in [6, 6.07) is 3.96. The molecule has 0 spiro atoms. The Kier molecular flexibility index (Phi) is 8.36. The molecule has 1 N–H and O–H groups in total. The lowest BCUT2D eigenvalue weighted by atomic mass is 10.1. The number of rotatable bonds is 8. The normalized spacial score (nSPS) is 14.7. The number of amides is 2. The van der Waals surface area contributed by atoms with Gasteiger partial charge in [-0.05, 0) is 44.7 Å². The van der Waals surface area contributed by atoms with Crippen molar-refractivity contribution in [2.24, 2.45) is 0 Å². The first-order valence-corrected chi connectivity index (χ1v) is 10.0. The summed E-state index contributed by atoms with van der Waals surface area (Å²) in [7, 11) is 0. The van der Waals surface area contributed by atoms with Gasteiger partial charge in [0.15, 0.2) is 0 Å². The average Bonchev–Trinajstić information content (AvgIpc) is 2.68. The molecule has 1 aliphatic heterocycles. The van der Waals surface area contributed by atoms with Gasteiger partial charge < -0.3 is 19.9 Å². The van der Waals surface area contributed by atoms with Crippen LogP contribution in [0.2, 0.25) is 0 Å². The number of aromatic nitrogens is 1. The topological polar surface area (TPSA) is 74.8 Å². The van der Waals surface area contributed by atoms with E-state index in [1.807, 2.05) is 24.0 Å². The molecule has 0 unspecified atom stereocenters. The summed E-state index contributed by atoms with van der Waals surface area (Å²) in [5.41, 5.74) is 0.625. The van der Waals surface area contributed by atoms with Crippen molar-refractivity contribution in [1.29, 1.82) is 0 Å². The van der Waals surface area contributed by atoms with Crippen LogP contribution in [-0.2, 0) is 4.74 Å². The minimum Gasteiger partial charge on any atom is -0.450 e. The Morgan fingerprint density at radius 2 is 1.85 bits per heavy atom. The van der Waals surface area contributed by atoms with Gasteiger partial charge in [-0.3, -0.25) is 4.79 Å². The Morgan fingerprint density at radius 3 is 2.37 bits per heavy atom. The molecule has 150 valence electrons. The number of pyridine rings is 1. The summed E-state index contributed by atoms with van der Waals surface area (Å²) in [6.07, 6.45) is 5.01. The second-order valence-corrected chi connectivity index (χ2v) is 6.83. The third-order valence-corrected chi connectivity index (χ3v) is 4.66. The monoisotopic (exact) mass is 376 g/mol. The zero-order valence-corrected chi connectivity index (χ0v) is 16.7. The highest BCUT2D eigenvalue weighted by atomic mass is 16.6. The van der Waals surface area contributed by atoms with E-state index < -0.39 is 0 Å². The van der Waals surface area contributed by atoms with Crippen LogP contribution < -0.4 is 5.32 Å². The molecule has 2 heterocycles. The maximum absolute atomic E-state index is 12.6. The molecule has 1 fully saturated rings. The van der Waals surface area contributed by atoms with Gasteiger partial charge in [0.1, 0.15) is 5.82 Å². The molecule has 0 atom stereocenters. The lowest BCUT2D eigenvalue weighted by Crippen LogP contribution is -2.42. The van der Waals surface area contributed by atoms with E-state index in [9.17, 15) is 9.59 Å². The average molecular weight is 377 g/mol. The highest BCUT2D eigenvalue weighted by Crippen LogP contribution is 2.17. The Bertz CT molecular complexity index is 592. The van der Waals surface area contributed by atoms with Gasteiger partial charge >= 0.3 is 6.09 Å². The van der Waals surface area contributed by atoms with Crippen LogP contribution in [0.1, 0.15) is 56.8 Å². The standard InChI is InChI=1S/C20H32N4O3/c1-4-11-23(12-5-2)19(25)16-7-8-18(21-15-16)22-17-9-13-24(14-10-17)20(26)27-6-3/h7-8,15,17H,4-6,9-14H2,1-3H3,(H,21,22). The van der Waals surface area contributed by atoms with Crippen molar-refractivity contribution in [3.05, 3.63) is 23.9 Å². The number of hydrogen-bond acceptors (Lipinski definition) is 5. The fourth-order valence-electron chi connectivity index (χ4n) is 3.27. The van der Waals surface area contributed by atoms with Gasteiger partial charge in [0.2, 0.25) is 0 Å². The number of carbonyl (C=O) groups excluding carboxylic acids is 2. The van der Waals surface area contributed by atoms with Gasteiger partial charge in [0.05, 0.1) is 12.2 Å². The lowest BCUT2D eigenvalue weighted by Gasteiger charge is -2.31. The van der Waals surface area contributed by atoms with Crippen molar-refractivity contribution in [2.75, 3.05) is 38.1 Å². The van der Waals surface area contributed by atoms with Crippen molar-refractivity contribution < 1.29 is 14.3 Å². The number of anilines is 1. The van der Waals surface area contributed by atoms with Crippen LogP contribution in [0.3, 0.4) is 0 Å². The van der Waals surface area contributed by atoms with Crippen LogP contribution in [0.5, 0.6) is 0 Å². The maximum atomic E-state index is 12.6. The van der Waals surface area contributed by atoms with Crippen LogP contribution in [0.25, 0.3) is 0 Å². The summed E-state index contributed by atoms with van der Waals surface area (Å²) < 4.78 is 5.04. The van der Waals surface area contributed by atoms with E-state index in [1.54, 1.807) is 11.1 Å². The molecule has 0 aliphatic carbocycles. The van der Waals surface area contributed by atoms with E-state index in [-0.39, 0.29) is 18.0 Å². The van der Waals surface area contributed by atoms with E-state index in [4.69, 9.17) is 4.74 Å². The van der Waals surface area contributed by atoms with Gasteiger partial charge in [-0.2, -0.15) is 0 Å². The second-order valence-electron chi connectivity index (χ2n) is 6.83. The zero-order chi connectivity index (χ0) is 19.6. The fraction of sp³-hybridized carbons (Fsp3) is 0.650.